The first-order chi connectivity index (χ1) is 10.9. The van der Waals surface area contributed by atoms with Gasteiger partial charge in [0.15, 0.2) is 0 Å². The maximum atomic E-state index is 12.1. The number of para-hydroxylation sites is 1. The molecule has 0 saturated carbocycles. The van der Waals surface area contributed by atoms with Crippen molar-refractivity contribution in [2.24, 2.45) is 0 Å². The molecule has 23 heavy (non-hydrogen) atoms. The van der Waals surface area contributed by atoms with Crippen LogP contribution in [0.2, 0.25) is 0 Å². The van der Waals surface area contributed by atoms with Gasteiger partial charge in [0.05, 0.1) is 0 Å². The van der Waals surface area contributed by atoms with Crippen molar-refractivity contribution in [2.75, 3.05) is 11.9 Å². The van der Waals surface area contributed by atoms with E-state index in [2.05, 4.69) is 45.0 Å². The van der Waals surface area contributed by atoms with Gasteiger partial charge in [-0.15, -0.1) is 0 Å². The molecule has 2 nitrogen and oxygen atoms in total. The van der Waals surface area contributed by atoms with E-state index in [0.29, 0.717) is 0 Å². The Morgan fingerprint density at radius 2 is 1.61 bits per heavy atom. The standard InChI is InChI=1S/C20H23NOS/c1-20(2,3)16-10-12-18(13-11-16)23-15-14-19(22)21(4)17-8-6-5-7-9-17/h5-15H,1-4H3/b15-14-. The third-order valence-electron chi connectivity index (χ3n) is 3.61. The average Bonchev–Trinajstić information content (AvgIpc) is 2.54. The molecule has 0 N–H and O–H groups in total. The van der Waals surface area contributed by atoms with Crippen molar-refractivity contribution in [3.8, 4) is 0 Å². The van der Waals surface area contributed by atoms with E-state index in [-0.39, 0.29) is 11.3 Å². The third kappa shape index (κ3) is 5.00. The van der Waals surface area contributed by atoms with Crippen molar-refractivity contribution in [2.45, 2.75) is 31.1 Å². The van der Waals surface area contributed by atoms with Gasteiger partial charge >= 0.3 is 0 Å². The Kier molecular flexibility index (Phi) is 5.67. The molecule has 120 valence electrons. The molecule has 1 amide bonds. The van der Waals surface area contributed by atoms with Crippen LogP contribution in [0.4, 0.5) is 5.69 Å². The van der Waals surface area contributed by atoms with Gasteiger partial charge in [-0.05, 0) is 40.7 Å². The van der Waals surface area contributed by atoms with Crippen LogP contribution in [0, 0.1) is 0 Å². The topological polar surface area (TPSA) is 20.3 Å². The van der Waals surface area contributed by atoms with E-state index in [9.17, 15) is 4.79 Å². The minimum absolute atomic E-state index is 0.0324. The predicted molar refractivity (Wildman–Crippen MR) is 100.0 cm³/mol. The van der Waals surface area contributed by atoms with E-state index < -0.39 is 0 Å². The van der Waals surface area contributed by atoms with E-state index >= 15 is 0 Å². The maximum Gasteiger partial charge on any atom is 0.251 e. The fraction of sp³-hybridized carbons (Fsp3) is 0.250. The molecule has 0 aliphatic rings. The number of hydrogen-bond acceptors (Lipinski definition) is 2. The van der Waals surface area contributed by atoms with Gasteiger partial charge < -0.3 is 4.90 Å². The highest BCUT2D eigenvalue weighted by Crippen LogP contribution is 2.26. The molecule has 0 spiro atoms. The SMILES string of the molecule is CN(C(=O)/C=C\Sc1ccc(C(C)(C)C)cc1)c1ccccc1. The van der Waals surface area contributed by atoms with Gasteiger partial charge in [-0.1, -0.05) is 62.9 Å². The fourth-order valence-electron chi connectivity index (χ4n) is 2.09. The lowest BCUT2D eigenvalue weighted by molar-refractivity contribution is -0.113. The zero-order chi connectivity index (χ0) is 16.9. The number of nitrogens with zero attached hydrogens (tertiary/aromatic N) is 1. The molecule has 2 aromatic carbocycles. The normalized spacial score (nSPS) is 11.7. The number of carbonyl (C=O) groups is 1. The quantitative estimate of drug-likeness (QED) is 0.565. The Morgan fingerprint density at radius 1 is 1.00 bits per heavy atom. The molecule has 0 aliphatic carbocycles. The summed E-state index contributed by atoms with van der Waals surface area (Å²) in [5.74, 6) is -0.0324. The lowest BCUT2D eigenvalue weighted by Crippen LogP contribution is -2.23. The molecule has 0 fully saturated rings. The lowest BCUT2D eigenvalue weighted by atomic mass is 9.87. The van der Waals surface area contributed by atoms with Crippen molar-refractivity contribution < 1.29 is 4.79 Å². The van der Waals surface area contributed by atoms with Crippen LogP contribution in [0.3, 0.4) is 0 Å². The molecular weight excluding hydrogens is 302 g/mol. The van der Waals surface area contributed by atoms with Crippen molar-refractivity contribution in [1.29, 1.82) is 0 Å². The Labute approximate surface area is 143 Å². The molecule has 0 bridgehead atoms. The van der Waals surface area contributed by atoms with Crippen LogP contribution in [-0.2, 0) is 10.2 Å². The zero-order valence-electron chi connectivity index (χ0n) is 14.1. The molecule has 0 radical (unpaired) electrons. The molecule has 2 aromatic rings. The number of likely N-dealkylation sites (N-methyl/N-ethyl adjacent to an activating group) is 1. The maximum absolute atomic E-state index is 12.1. The Bertz CT molecular complexity index is 669. The molecule has 0 unspecified atom stereocenters. The number of anilines is 1. The van der Waals surface area contributed by atoms with Crippen LogP contribution in [0.25, 0.3) is 0 Å². The number of amides is 1. The summed E-state index contributed by atoms with van der Waals surface area (Å²) in [6, 6.07) is 18.1. The van der Waals surface area contributed by atoms with Crippen molar-refractivity contribution in [3.63, 3.8) is 0 Å². The van der Waals surface area contributed by atoms with Gasteiger partial charge in [-0.25, -0.2) is 0 Å². The second-order valence-electron chi connectivity index (χ2n) is 6.43. The van der Waals surface area contributed by atoms with Gasteiger partial charge in [0, 0.05) is 23.7 Å². The molecule has 2 rings (SSSR count). The minimum atomic E-state index is -0.0324. The third-order valence-corrected chi connectivity index (χ3v) is 4.43. The molecule has 3 heteroatoms. The highest BCUT2D eigenvalue weighted by molar-refractivity contribution is 8.02. The molecule has 0 heterocycles. The summed E-state index contributed by atoms with van der Waals surface area (Å²) in [6.45, 7) is 6.60. The molecule has 0 aliphatic heterocycles. The second-order valence-corrected chi connectivity index (χ2v) is 7.41. The average molecular weight is 325 g/mol. The van der Waals surface area contributed by atoms with Gasteiger partial charge in [-0.2, -0.15) is 0 Å². The number of benzene rings is 2. The summed E-state index contributed by atoms with van der Waals surface area (Å²) >= 11 is 1.55. The van der Waals surface area contributed by atoms with Gasteiger partial charge in [0.2, 0.25) is 0 Å². The van der Waals surface area contributed by atoms with Gasteiger partial charge in [0.25, 0.3) is 5.91 Å². The largest absolute Gasteiger partial charge is 0.312 e. The Morgan fingerprint density at radius 3 is 2.17 bits per heavy atom. The van der Waals surface area contributed by atoms with Crippen molar-refractivity contribution in [3.05, 3.63) is 71.6 Å². The highest BCUT2D eigenvalue weighted by Gasteiger charge is 2.12. The van der Waals surface area contributed by atoms with E-state index in [4.69, 9.17) is 0 Å². The lowest BCUT2D eigenvalue weighted by Gasteiger charge is -2.18. The predicted octanol–water partition coefficient (Wildman–Crippen LogP) is 5.25. The van der Waals surface area contributed by atoms with E-state index in [1.165, 1.54) is 5.56 Å². The van der Waals surface area contributed by atoms with Gasteiger partial charge in [-0.3, -0.25) is 4.79 Å². The first-order valence-corrected chi connectivity index (χ1v) is 8.52. The van der Waals surface area contributed by atoms with Crippen molar-refractivity contribution in [1.82, 2.24) is 0 Å². The molecular formula is C20H23NOS. The van der Waals surface area contributed by atoms with Crippen LogP contribution < -0.4 is 4.90 Å². The van der Waals surface area contributed by atoms with Crippen LogP contribution in [0.5, 0.6) is 0 Å². The van der Waals surface area contributed by atoms with Crippen LogP contribution in [0.1, 0.15) is 26.3 Å². The summed E-state index contributed by atoms with van der Waals surface area (Å²) in [6.07, 6.45) is 1.61. The number of carbonyl (C=O) groups excluding carboxylic acids is 1. The molecule has 0 saturated heterocycles. The monoisotopic (exact) mass is 325 g/mol. The van der Waals surface area contributed by atoms with E-state index in [1.807, 2.05) is 35.7 Å². The van der Waals surface area contributed by atoms with Crippen LogP contribution >= 0.6 is 11.8 Å². The summed E-state index contributed by atoms with van der Waals surface area (Å²) in [5, 5.41) is 1.84. The number of rotatable bonds is 4. The van der Waals surface area contributed by atoms with E-state index in [0.717, 1.165) is 10.6 Å². The minimum Gasteiger partial charge on any atom is -0.312 e. The van der Waals surface area contributed by atoms with Crippen LogP contribution in [-0.4, -0.2) is 13.0 Å². The first kappa shape index (κ1) is 17.4. The van der Waals surface area contributed by atoms with Gasteiger partial charge in [0.1, 0.15) is 0 Å². The van der Waals surface area contributed by atoms with Crippen molar-refractivity contribution >= 4 is 23.4 Å². The Balaban J connectivity index is 1.95. The molecule has 0 atom stereocenters. The molecule has 0 aromatic heterocycles. The fourth-order valence-corrected chi connectivity index (χ4v) is 2.73. The second kappa shape index (κ2) is 7.51. The Hall–Kier alpha value is -2.00. The number of hydrogen-bond donors (Lipinski definition) is 0. The summed E-state index contributed by atoms with van der Waals surface area (Å²) in [7, 11) is 1.78. The van der Waals surface area contributed by atoms with E-state index in [1.54, 1.807) is 29.8 Å². The number of thioether (sulfide) groups is 1. The summed E-state index contributed by atoms with van der Waals surface area (Å²) in [4.78, 5) is 14.9. The van der Waals surface area contributed by atoms with Crippen LogP contribution in [0.15, 0.2) is 71.0 Å². The highest BCUT2D eigenvalue weighted by atomic mass is 32.2. The smallest absolute Gasteiger partial charge is 0.251 e. The summed E-state index contributed by atoms with van der Waals surface area (Å²) in [5.41, 5.74) is 2.36. The summed E-state index contributed by atoms with van der Waals surface area (Å²) < 4.78 is 0. The first-order valence-electron chi connectivity index (χ1n) is 7.64. The zero-order valence-corrected chi connectivity index (χ0v) is 14.9.